The zero-order chi connectivity index (χ0) is 19.3. The second-order valence-electron chi connectivity index (χ2n) is 6.30. The molecule has 26 heavy (non-hydrogen) atoms. The molecule has 0 radical (unpaired) electrons. The van der Waals surface area contributed by atoms with Crippen LogP contribution in [0.15, 0.2) is 42.5 Å². The Morgan fingerprint density at radius 1 is 1.27 bits per heavy atom. The molecule has 0 bridgehead atoms. The van der Waals surface area contributed by atoms with E-state index in [1.54, 1.807) is 31.2 Å². The van der Waals surface area contributed by atoms with Crippen molar-refractivity contribution in [1.82, 2.24) is 5.32 Å². The number of carbonyl (C=O) groups excluding carboxylic acids is 1. The molecule has 0 spiro atoms. The van der Waals surface area contributed by atoms with Gasteiger partial charge in [0.1, 0.15) is 11.4 Å². The number of hydrogen-bond acceptors (Lipinski definition) is 5. The summed E-state index contributed by atoms with van der Waals surface area (Å²) in [6.45, 7) is 4.14. The highest BCUT2D eigenvalue weighted by molar-refractivity contribution is 5.95. The molecule has 0 atom stereocenters. The molecule has 0 aliphatic rings. The Labute approximate surface area is 152 Å². The molecule has 0 saturated carbocycles. The van der Waals surface area contributed by atoms with Gasteiger partial charge in [0.05, 0.1) is 12.0 Å². The molecule has 138 valence electrons. The summed E-state index contributed by atoms with van der Waals surface area (Å²) in [6.07, 6.45) is 0. The molecular formula is C19H23N3O4. The number of benzene rings is 2. The Kier molecular flexibility index (Phi) is 6.16. The van der Waals surface area contributed by atoms with E-state index in [2.05, 4.69) is 5.32 Å². The molecule has 0 aromatic heterocycles. The SMILES string of the molecule is COc1cccc(CN(C)c2ccc(C(=O)NC(C)C)cc2[N+](=O)[O-])c1. The predicted octanol–water partition coefficient (Wildman–Crippen LogP) is 3.38. The Bertz CT molecular complexity index is 805. The van der Waals surface area contributed by atoms with E-state index in [1.165, 1.54) is 6.07 Å². The summed E-state index contributed by atoms with van der Waals surface area (Å²) in [5.41, 5.74) is 1.57. The van der Waals surface area contributed by atoms with Gasteiger partial charge in [0.25, 0.3) is 11.6 Å². The topological polar surface area (TPSA) is 84.7 Å². The van der Waals surface area contributed by atoms with Gasteiger partial charge in [0.2, 0.25) is 0 Å². The molecule has 0 aliphatic carbocycles. The van der Waals surface area contributed by atoms with E-state index in [0.29, 0.717) is 12.2 Å². The maximum absolute atomic E-state index is 12.1. The van der Waals surface area contributed by atoms with E-state index in [1.807, 2.05) is 38.1 Å². The number of hydrogen-bond donors (Lipinski definition) is 1. The van der Waals surface area contributed by atoms with E-state index in [9.17, 15) is 14.9 Å². The monoisotopic (exact) mass is 357 g/mol. The largest absolute Gasteiger partial charge is 0.497 e. The number of nitrogens with one attached hydrogen (secondary N) is 1. The third-order valence-corrected chi connectivity index (χ3v) is 3.82. The van der Waals surface area contributed by atoms with Crippen molar-refractivity contribution in [2.24, 2.45) is 0 Å². The fourth-order valence-electron chi connectivity index (χ4n) is 2.61. The van der Waals surface area contributed by atoms with E-state index >= 15 is 0 Å². The fourth-order valence-corrected chi connectivity index (χ4v) is 2.61. The van der Waals surface area contributed by atoms with E-state index < -0.39 is 4.92 Å². The molecule has 0 unspecified atom stereocenters. The normalized spacial score (nSPS) is 10.5. The van der Waals surface area contributed by atoms with Crippen LogP contribution in [0.3, 0.4) is 0 Å². The third kappa shape index (κ3) is 4.72. The Balaban J connectivity index is 2.29. The summed E-state index contributed by atoms with van der Waals surface area (Å²) < 4.78 is 5.21. The third-order valence-electron chi connectivity index (χ3n) is 3.82. The standard InChI is InChI=1S/C19H23N3O4/c1-13(2)20-19(23)15-8-9-17(18(11-15)22(24)25)21(3)12-14-6-5-7-16(10-14)26-4/h5-11,13H,12H2,1-4H3,(H,20,23). The van der Waals surface area contributed by atoms with E-state index in [-0.39, 0.29) is 23.2 Å². The Morgan fingerprint density at radius 2 is 2.00 bits per heavy atom. The molecule has 0 fully saturated rings. The van der Waals surface area contributed by atoms with Gasteiger partial charge in [-0.3, -0.25) is 14.9 Å². The van der Waals surface area contributed by atoms with Crippen LogP contribution in [0.5, 0.6) is 5.75 Å². The first kappa shape index (κ1) is 19.2. The number of nitro groups is 1. The van der Waals surface area contributed by atoms with Gasteiger partial charge in [-0.05, 0) is 43.7 Å². The molecule has 2 rings (SSSR count). The van der Waals surface area contributed by atoms with Crippen molar-refractivity contribution in [2.45, 2.75) is 26.4 Å². The van der Waals surface area contributed by atoms with Crippen LogP contribution >= 0.6 is 0 Å². The zero-order valence-electron chi connectivity index (χ0n) is 15.4. The summed E-state index contributed by atoms with van der Waals surface area (Å²) >= 11 is 0. The maximum Gasteiger partial charge on any atom is 0.293 e. The fraction of sp³-hybridized carbons (Fsp3) is 0.316. The highest BCUT2D eigenvalue weighted by Gasteiger charge is 2.20. The van der Waals surface area contributed by atoms with Crippen LogP contribution in [0.4, 0.5) is 11.4 Å². The number of methoxy groups -OCH3 is 1. The van der Waals surface area contributed by atoms with Crippen molar-refractivity contribution in [3.8, 4) is 5.75 Å². The summed E-state index contributed by atoms with van der Waals surface area (Å²) in [5.74, 6) is 0.399. The number of amides is 1. The molecule has 0 saturated heterocycles. The highest BCUT2D eigenvalue weighted by atomic mass is 16.6. The molecule has 7 nitrogen and oxygen atoms in total. The van der Waals surface area contributed by atoms with Crippen LogP contribution in [0.2, 0.25) is 0 Å². The van der Waals surface area contributed by atoms with Crippen molar-refractivity contribution in [3.63, 3.8) is 0 Å². The van der Waals surface area contributed by atoms with Gasteiger partial charge in [-0.2, -0.15) is 0 Å². The summed E-state index contributed by atoms with van der Waals surface area (Å²) in [5, 5.41) is 14.2. The van der Waals surface area contributed by atoms with Crippen molar-refractivity contribution >= 4 is 17.3 Å². The summed E-state index contributed by atoms with van der Waals surface area (Å²) in [7, 11) is 3.37. The van der Waals surface area contributed by atoms with Crippen molar-refractivity contribution < 1.29 is 14.5 Å². The van der Waals surface area contributed by atoms with Gasteiger partial charge in [0, 0.05) is 31.3 Å². The Morgan fingerprint density at radius 3 is 2.62 bits per heavy atom. The second kappa shape index (κ2) is 8.33. The highest BCUT2D eigenvalue weighted by Crippen LogP contribution is 2.30. The van der Waals surface area contributed by atoms with Crippen LogP contribution in [0, 0.1) is 10.1 Å². The average Bonchev–Trinajstić information content (AvgIpc) is 2.60. The molecule has 2 aromatic rings. The minimum Gasteiger partial charge on any atom is -0.497 e. The number of nitro benzene ring substituents is 1. The molecule has 1 N–H and O–H groups in total. The minimum absolute atomic E-state index is 0.0445. The van der Waals surface area contributed by atoms with Crippen LogP contribution in [0.25, 0.3) is 0 Å². The first-order valence-electron chi connectivity index (χ1n) is 8.25. The minimum atomic E-state index is -0.469. The maximum atomic E-state index is 12.1. The zero-order valence-corrected chi connectivity index (χ0v) is 15.4. The molecular weight excluding hydrogens is 334 g/mol. The Hall–Kier alpha value is -3.09. The van der Waals surface area contributed by atoms with Crippen molar-refractivity contribution in [1.29, 1.82) is 0 Å². The smallest absolute Gasteiger partial charge is 0.293 e. The predicted molar refractivity (Wildman–Crippen MR) is 101 cm³/mol. The average molecular weight is 357 g/mol. The number of carbonyl (C=O) groups is 1. The lowest BCUT2D eigenvalue weighted by Crippen LogP contribution is -2.30. The van der Waals surface area contributed by atoms with E-state index in [4.69, 9.17) is 4.74 Å². The summed E-state index contributed by atoms with van der Waals surface area (Å²) in [4.78, 5) is 24.9. The van der Waals surface area contributed by atoms with Crippen LogP contribution < -0.4 is 15.0 Å². The van der Waals surface area contributed by atoms with Gasteiger partial charge in [-0.15, -0.1) is 0 Å². The van der Waals surface area contributed by atoms with Gasteiger partial charge in [-0.25, -0.2) is 0 Å². The first-order chi connectivity index (χ1) is 12.3. The molecule has 0 aliphatic heterocycles. The lowest BCUT2D eigenvalue weighted by atomic mass is 10.1. The lowest BCUT2D eigenvalue weighted by molar-refractivity contribution is -0.384. The quantitative estimate of drug-likeness (QED) is 0.606. The lowest BCUT2D eigenvalue weighted by Gasteiger charge is -2.20. The van der Waals surface area contributed by atoms with Crippen LogP contribution in [-0.2, 0) is 6.54 Å². The van der Waals surface area contributed by atoms with E-state index in [0.717, 1.165) is 11.3 Å². The van der Waals surface area contributed by atoms with Gasteiger partial charge < -0.3 is 15.0 Å². The van der Waals surface area contributed by atoms with Crippen molar-refractivity contribution in [2.75, 3.05) is 19.1 Å². The number of nitrogens with zero attached hydrogens (tertiary/aromatic N) is 2. The first-order valence-corrected chi connectivity index (χ1v) is 8.25. The molecule has 2 aromatic carbocycles. The second-order valence-corrected chi connectivity index (χ2v) is 6.30. The molecule has 0 heterocycles. The summed E-state index contributed by atoms with van der Waals surface area (Å²) in [6, 6.07) is 12.0. The van der Waals surface area contributed by atoms with Crippen molar-refractivity contribution in [3.05, 3.63) is 63.7 Å². The number of anilines is 1. The molecule has 1 amide bonds. The number of rotatable bonds is 7. The van der Waals surface area contributed by atoms with Crippen LogP contribution in [-0.4, -0.2) is 31.0 Å². The number of ether oxygens (including phenoxy) is 1. The van der Waals surface area contributed by atoms with Gasteiger partial charge in [-0.1, -0.05) is 12.1 Å². The van der Waals surface area contributed by atoms with Gasteiger partial charge >= 0.3 is 0 Å². The van der Waals surface area contributed by atoms with Crippen LogP contribution in [0.1, 0.15) is 29.8 Å². The molecule has 7 heteroatoms. The van der Waals surface area contributed by atoms with Gasteiger partial charge in [0.15, 0.2) is 0 Å².